The van der Waals surface area contributed by atoms with E-state index in [0.717, 1.165) is 0 Å². The molecule has 2 rings (SSSR count). The largest absolute Gasteiger partial charge is 0.265 e. The van der Waals surface area contributed by atoms with Crippen LogP contribution < -0.4 is 0 Å². The standard InChI is InChI=1S/C9H8ClF2N3/c1-2-6-13-9-7(10)5(8(11)12)3-4-15(9)14-6/h3-4,8H,2H2,1H3. The molecule has 2 aromatic heterocycles. The molecule has 15 heavy (non-hydrogen) atoms. The maximum atomic E-state index is 12.5. The van der Waals surface area contributed by atoms with E-state index in [9.17, 15) is 8.78 Å². The first kappa shape index (κ1) is 10.3. The molecule has 2 aromatic rings. The van der Waals surface area contributed by atoms with Gasteiger partial charge in [-0.3, -0.25) is 0 Å². The van der Waals surface area contributed by atoms with Crippen LogP contribution in [-0.4, -0.2) is 14.6 Å². The van der Waals surface area contributed by atoms with Gasteiger partial charge in [0, 0.05) is 18.2 Å². The van der Waals surface area contributed by atoms with Crippen LogP contribution in [0.3, 0.4) is 0 Å². The number of hydrogen-bond acceptors (Lipinski definition) is 2. The van der Waals surface area contributed by atoms with E-state index in [1.807, 2.05) is 6.92 Å². The van der Waals surface area contributed by atoms with Crippen LogP contribution in [0.1, 0.15) is 24.7 Å². The average Bonchev–Trinajstić information content (AvgIpc) is 2.61. The van der Waals surface area contributed by atoms with Crippen molar-refractivity contribution >= 4 is 17.2 Å². The van der Waals surface area contributed by atoms with Crippen molar-refractivity contribution in [2.45, 2.75) is 19.8 Å². The van der Waals surface area contributed by atoms with Gasteiger partial charge < -0.3 is 0 Å². The highest BCUT2D eigenvalue weighted by atomic mass is 35.5. The zero-order chi connectivity index (χ0) is 11.0. The lowest BCUT2D eigenvalue weighted by Gasteiger charge is -2.02. The Morgan fingerprint density at radius 1 is 1.53 bits per heavy atom. The Kier molecular flexibility index (Phi) is 2.56. The molecular formula is C9H8ClF2N3. The van der Waals surface area contributed by atoms with E-state index in [0.29, 0.717) is 12.2 Å². The van der Waals surface area contributed by atoms with Crippen molar-refractivity contribution in [3.8, 4) is 0 Å². The van der Waals surface area contributed by atoms with E-state index in [1.165, 1.54) is 16.8 Å². The number of aromatic nitrogens is 3. The Labute approximate surface area is 89.7 Å². The Bertz CT molecular complexity index is 495. The van der Waals surface area contributed by atoms with Crippen LogP contribution in [0.5, 0.6) is 0 Å². The molecule has 6 heteroatoms. The summed E-state index contributed by atoms with van der Waals surface area (Å²) >= 11 is 5.80. The highest BCUT2D eigenvalue weighted by Crippen LogP contribution is 2.29. The summed E-state index contributed by atoms with van der Waals surface area (Å²) in [4.78, 5) is 4.06. The van der Waals surface area contributed by atoms with E-state index in [1.54, 1.807) is 0 Å². The minimum atomic E-state index is -2.59. The van der Waals surface area contributed by atoms with Crippen molar-refractivity contribution in [2.24, 2.45) is 0 Å². The minimum Gasteiger partial charge on any atom is -0.219 e. The third-order valence-corrected chi connectivity index (χ3v) is 2.46. The summed E-state index contributed by atoms with van der Waals surface area (Å²) in [6.07, 6.45) is -0.513. The normalized spacial score (nSPS) is 11.5. The smallest absolute Gasteiger partial charge is 0.219 e. The molecule has 0 spiro atoms. The maximum Gasteiger partial charge on any atom is 0.265 e. The predicted octanol–water partition coefficient (Wildman–Crippen LogP) is 2.88. The van der Waals surface area contributed by atoms with E-state index in [2.05, 4.69) is 10.1 Å². The first-order valence-electron chi connectivity index (χ1n) is 4.45. The van der Waals surface area contributed by atoms with Gasteiger partial charge in [-0.05, 0) is 6.07 Å². The third-order valence-electron chi connectivity index (χ3n) is 2.07. The number of halogens is 3. The van der Waals surface area contributed by atoms with E-state index >= 15 is 0 Å². The summed E-state index contributed by atoms with van der Waals surface area (Å²) in [7, 11) is 0. The lowest BCUT2D eigenvalue weighted by molar-refractivity contribution is 0.151. The van der Waals surface area contributed by atoms with Crippen LogP contribution >= 0.6 is 11.6 Å². The lowest BCUT2D eigenvalue weighted by Crippen LogP contribution is -1.93. The molecule has 0 aliphatic carbocycles. The summed E-state index contributed by atoms with van der Waals surface area (Å²) in [6.45, 7) is 1.89. The average molecular weight is 232 g/mol. The first-order chi connectivity index (χ1) is 7.13. The number of alkyl halides is 2. The van der Waals surface area contributed by atoms with Gasteiger partial charge in [-0.15, -0.1) is 0 Å². The van der Waals surface area contributed by atoms with Gasteiger partial charge in [0.15, 0.2) is 11.5 Å². The Morgan fingerprint density at radius 2 is 2.27 bits per heavy atom. The number of nitrogens with zero attached hydrogens (tertiary/aromatic N) is 3. The highest BCUT2D eigenvalue weighted by molar-refractivity contribution is 6.34. The molecule has 0 atom stereocenters. The molecule has 0 fully saturated rings. The minimum absolute atomic E-state index is 0.0281. The van der Waals surface area contributed by atoms with Gasteiger partial charge in [0.25, 0.3) is 6.43 Å². The Morgan fingerprint density at radius 3 is 2.87 bits per heavy atom. The predicted molar refractivity (Wildman–Crippen MR) is 52.3 cm³/mol. The summed E-state index contributed by atoms with van der Waals surface area (Å²) in [5.74, 6) is 0.586. The van der Waals surface area contributed by atoms with E-state index in [4.69, 9.17) is 11.6 Å². The van der Waals surface area contributed by atoms with Crippen molar-refractivity contribution in [1.29, 1.82) is 0 Å². The fourth-order valence-electron chi connectivity index (χ4n) is 1.29. The second-order valence-electron chi connectivity index (χ2n) is 3.04. The second-order valence-corrected chi connectivity index (χ2v) is 3.41. The van der Waals surface area contributed by atoms with Crippen LogP contribution in [0, 0.1) is 0 Å². The molecule has 0 saturated heterocycles. The highest BCUT2D eigenvalue weighted by Gasteiger charge is 2.16. The monoisotopic (exact) mass is 231 g/mol. The van der Waals surface area contributed by atoms with E-state index in [-0.39, 0.29) is 16.2 Å². The van der Waals surface area contributed by atoms with Crippen LogP contribution in [0.15, 0.2) is 12.3 Å². The van der Waals surface area contributed by atoms with Crippen LogP contribution in [0.25, 0.3) is 5.65 Å². The topological polar surface area (TPSA) is 30.2 Å². The number of hydrogen-bond donors (Lipinski definition) is 0. The van der Waals surface area contributed by atoms with Crippen LogP contribution in [-0.2, 0) is 6.42 Å². The SMILES string of the molecule is CCc1nc2c(Cl)c(C(F)F)ccn2n1. The van der Waals surface area contributed by atoms with Gasteiger partial charge in [0.05, 0.1) is 5.02 Å². The third kappa shape index (κ3) is 1.67. The molecule has 0 bridgehead atoms. The maximum absolute atomic E-state index is 12.5. The molecule has 0 amide bonds. The van der Waals surface area contributed by atoms with E-state index < -0.39 is 6.43 Å². The molecule has 0 unspecified atom stereocenters. The molecule has 2 heterocycles. The second kappa shape index (κ2) is 3.73. The van der Waals surface area contributed by atoms with Gasteiger partial charge in [0.1, 0.15) is 0 Å². The van der Waals surface area contributed by atoms with Crippen LogP contribution in [0.4, 0.5) is 8.78 Å². The molecular weight excluding hydrogens is 224 g/mol. The summed E-state index contributed by atoms with van der Waals surface area (Å²) in [5.41, 5.74) is 0.0746. The molecule has 0 aliphatic rings. The molecule has 3 nitrogen and oxygen atoms in total. The van der Waals surface area contributed by atoms with Crippen molar-refractivity contribution in [2.75, 3.05) is 0 Å². The van der Waals surface area contributed by atoms with Crippen molar-refractivity contribution in [1.82, 2.24) is 14.6 Å². The first-order valence-corrected chi connectivity index (χ1v) is 4.83. The number of aryl methyl sites for hydroxylation is 1. The lowest BCUT2D eigenvalue weighted by atomic mass is 10.3. The van der Waals surface area contributed by atoms with Crippen molar-refractivity contribution in [3.05, 3.63) is 28.7 Å². The zero-order valence-electron chi connectivity index (χ0n) is 7.91. The quantitative estimate of drug-likeness (QED) is 0.796. The van der Waals surface area contributed by atoms with Gasteiger partial charge in [-0.1, -0.05) is 18.5 Å². The van der Waals surface area contributed by atoms with Gasteiger partial charge in [-0.25, -0.2) is 18.3 Å². The fraction of sp³-hybridized carbons (Fsp3) is 0.333. The van der Waals surface area contributed by atoms with Crippen LogP contribution in [0.2, 0.25) is 5.02 Å². The molecule has 0 saturated carbocycles. The van der Waals surface area contributed by atoms with Crippen molar-refractivity contribution < 1.29 is 8.78 Å². The summed E-state index contributed by atoms with van der Waals surface area (Å²) < 4.78 is 26.4. The van der Waals surface area contributed by atoms with Gasteiger partial charge >= 0.3 is 0 Å². The molecule has 0 radical (unpaired) electrons. The Hall–Kier alpha value is -1.23. The molecule has 0 N–H and O–H groups in total. The Balaban J connectivity index is 2.67. The zero-order valence-corrected chi connectivity index (χ0v) is 8.67. The number of pyridine rings is 1. The number of rotatable bonds is 2. The number of fused-ring (bicyclic) bond motifs is 1. The van der Waals surface area contributed by atoms with Gasteiger partial charge in [-0.2, -0.15) is 5.10 Å². The fourth-order valence-corrected chi connectivity index (χ4v) is 1.57. The summed E-state index contributed by atoms with van der Waals surface area (Å²) in [6, 6.07) is 1.26. The molecule has 80 valence electrons. The summed E-state index contributed by atoms with van der Waals surface area (Å²) in [5, 5.41) is 4.04. The van der Waals surface area contributed by atoms with Gasteiger partial charge in [0.2, 0.25) is 0 Å². The molecule has 0 aromatic carbocycles. The molecule has 0 aliphatic heterocycles. The van der Waals surface area contributed by atoms with Crippen molar-refractivity contribution in [3.63, 3.8) is 0 Å².